The Hall–Kier alpha value is -1.71. The average molecular weight is 250 g/mol. The molecule has 0 heterocycles. The van der Waals surface area contributed by atoms with Crippen LogP contribution in [0.5, 0.6) is 0 Å². The highest BCUT2D eigenvalue weighted by atomic mass is 19.1. The molecule has 1 aromatic rings. The van der Waals surface area contributed by atoms with Crippen LogP contribution in [0.25, 0.3) is 0 Å². The van der Waals surface area contributed by atoms with E-state index in [0.717, 1.165) is 18.4 Å². The summed E-state index contributed by atoms with van der Waals surface area (Å²) >= 11 is 0. The van der Waals surface area contributed by atoms with Crippen molar-refractivity contribution < 1.29 is 18.7 Å². The second-order valence-electron chi connectivity index (χ2n) is 4.58. The monoisotopic (exact) mass is 250 g/mol. The van der Waals surface area contributed by atoms with Gasteiger partial charge in [0.15, 0.2) is 5.78 Å². The third-order valence-corrected chi connectivity index (χ3v) is 3.16. The van der Waals surface area contributed by atoms with Gasteiger partial charge in [0.1, 0.15) is 11.7 Å². The smallest absolute Gasteiger partial charge is 0.316 e. The summed E-state index contributed by atoms with van der Waals surface area (Å²) in [6.07, 6.45) is 1.99. The summed E-state index contributed by atoms with van der Waals surface area (Å²) in [7, 11) is 1.28. The molecular weight excluding hydrogens is 235 g/mol. The molecule has 0 aliphatic heterocycles. The molecular formula is C14H15FO3. The number of ether oxygens (including phenoxy) is 1. The Bertz CT molecular complexity index is 449. The van der Waals surface area contributed by atoms with Gasteiger partial charge in [0.05, 0.1) is 7.11 Å². The molecule has 0 bridgehead atoms. The third kappa shape index (κ3) is 2.94. The normalized spacial score (nSPS) is 16.1. The standard InChI is InChI=1S/C14H15FO3/c1-18-14(17)12(13(16)10-4-5-10)8-9-2-6-11(15)7-3-9/h2-3,6-7,10,12H,4-5,8H2,1H3. The lowest BCUT2D eigenvalue weighted by molar-refractivity contribution is -0.149. The summed E-state index contributed by atoms with van der Waals surface area (Å²) in [5.41, 5.74) is 0.765. The fourth-order valence-electron chi connectivity index (χ4n) is 1.95. The highest BCUT2D eigenvalue weighted by molar-refractivity contribution is 6.01. The number of hydrogen-bond donors (Lipinski definition) is 0. The Kier molecular flexibility index (Phi) is 3.75. The predicted octanol–water partition coefficient (Wildman–Crippen LogP) is 2.14. The highest BCUT2D eigenvalue weighted by Gasteiger charge is 2.38. The van der Waals surface area contributed by atoms with Gasteiger partial charge in [0, 0.05) is 5.92 Å². The van der Waals surface area contributed by atoms with Crippen LogP contribution in [0.2, 0.25) is 0 Å². The minimum Gasteiger partial charge on any atom is -0.468 e. The number of carbonyl (C=O) groups excluding carboxylic acids is 2. The lowest BCUT2D eigenvalue weighted by Gasteiger charge is -2.13. The Morgan fingerprint density at radius 1 is 1.33 bits per heavy atom. The molecule has 1 saturated carbocycles. The van der Waals surface area contributed by atoms with Crippen molar-refractivity contribution in [2.45, 2.75) is 19.3 Å². The molecule has 1 aliphatic rings. The maximum absolute atomic E-state index is 12.8. The van der Waals surface area contributed by atoms with E-state index >= 15 is 0 Å². The van der Waals surface area contributed by atoms with Crippen LogP contribution in [0.3, 0.4) is 0 Å². The summed E-state index contributed by atoms with van der Waals surface area (Å²) < 4.78 is 17.5. The van der Waals surface area contributed by atoms with Crippen LogP contribution in [-0.2, 0) is 20.7 Å². The van der Waals surface area contributed by atoms with Crippen LogP contribution in [0.15, 0.2) is 24.3 Å². The molecule has 2 rings (SSSR count). The Morgan fingerprint density at radius 2 is 1.94 bits per heavy atom. The molecule has 0 amide bonds. The van der Waals surface area contributed by atoms with E-state index in [4.69, 9.17) is 0 Å². The maximum Gasteiger partial charge on any atom is 0.316 e. The van der Waals surface area contributed by atoms with Gasteiger partial charge in [0.25, 0.3) is 0 Å². The number of methoxy groups -OCH3 is 1. The van der Waals surface area contributed by atoms with Crippen molar-refractivity contribution in [3.05, 3.63) is 35.6 Å². The van der Waals surface area contributed by atoms with E-state index in [1.165, 1.54) is 19.2 Å². The minimum atomic E-state index is -0.757. The summed E-state index contributed by atoms with van der Waals surface area (Å²) in [4.78, 5) is 23.6. The zero-order chi connectivity index (χ0) is 13.1. The fourth-order valence-corrected chi connectivity index (χ4v) is 1.95. The van der Waals surface area contributed by atoms with Gasteiger partial charge in [0.2, 0.25) is 0 Å². The average Bonchev–Trinajstić information content (AvgIpc) is 3.20. The van der Waals surface area contributed by atoms with Crippen molar-refractivity contribution in [2.24, 2.45) is 11.8 Å². The van der Waals surface area contributed by atoms with Crippen LogP contribution in [0.1, 0.15) is 18.4 Å². The Labute approximate surface area is 105 Å². The van der Waals surface area contributed by atoms with E-state index in [9.17, 15) is 14.0 Å². The first-order valence-electron chi connectivity index (χ1n) is 5.98. The van der Waals surface area contributed by atoms with Crippen molar-refractivity contribution in [1.29, 1.82) is 0 Å². The molecule has 4 heteroatoms. The molecule has 0 radical (unpaired) electrons. The number of esters is 1. The van der Waals surface area contributed by atoms with Crippen molar-refractivity contribution >= 4 is 11.8 Å². The molecule has 1 unspecified atom stereocenters. The second-order valence-corrected chi connectivity index (χ2v) is 4.58. The van der Waals surface area contributed by atoms with Crippen LogP contribution >= 0.6 is 0 Å². The lowest BCUT2D eigenvalue weighted by atomic mass is 9.93. The molecule has 0 saturated heterocycles. The first-order valence-corrected chi connectivity index (χ1v) is 5.98. The second kappa shape index (κ2) is 5.29. The van der Waals surface area contributed by atoms with E-state index in [1.807, 2.05) is 0 Å². The van der Waals surface area contributed by atoms with Gasteiger partial charge in [-0.1, -0.05) is 12.1 Å². The first-order chi connectivity index (χ1) is 8.61. The molecule has 1 aromatic carbocycles. The fraction of sp³-hybridized carbons (Fsp3) is 0.429. The van der Waals surface area contributed by atoms with Gasteiger partial charge < -0.3 is 4.74 Å². The Morgan fingerprint density at radius 3 is 2.44 bits per heavy atom. The number of carbonyl (C=O) groups is 2. The van der Waals surface area contributed by atoms with Gasteiger partial charge in [-0.25, -0.2) is 4.39 Å². The highest BCUT2D eigenvalue weighted by Crippen LogP contribution is 2.33. The van der Waals surface area contributed by atoms with Crippen molar-refractivity contribution in [3.63, 3.8) is 0 Å². The topological polar surface area (TPSA) is 43.4 Å². The zero-order valence-corrected chi connectivity index (χ0v) is 10.2. The van der Waals surface area contributed by atoms with Gasteiger partial charge in [-0.3, -0.25) is 9.59 Å². The number of ketones is 1. The SMILES string of the molecule is COC(=O)C(Cc1ccc(F)cc1)C(=O)C1CC1. The Balaban J connectivity index is 2.11. The number of halogens is 1. The van der Waals surface area contributed by atoms with Crippen LogP contribution in [-0.4, -0.2) is 18.9 Å². The van der Waals surface area contributed by atoms with Gasteiger partial charge >= 0.3 is 5.97 Å². The molecule has 1 aliphatic carbocycles. The van der Waals surface area contributed by atoms with Crippen molar-refractivity contribution in [2.75, 3.05) is 7.11 Å². The van der Waals surface area contributed by atoms with Gasteiger partial charge in [-0.15, -0.1) is 0 Å². The van der Waals surface area contributed by atoms with E-state index in [1.54, 1.807) is 12.1 Å². The van der Waals surface area contributed by atoms with Gasteiger partial charge in [-0.2, -0.15) is 0 Å². The van der Waals surface area contributed by atoms with Gasteiger partial charge in [-0.05, 0) is 37.0 Å². The van der Waals surface area contributed by atoms with Crippen molar-refractivity contribution in [3.8, 4) is 0 Å². The number of benzene rings is 1. The molecule has 1 fully saturated rings. The van der Waals surface area contributed by atoms with E-state index in [2.05, 4.69) is 4.74 Å². The lowest BCUT2D eigenvalue weighted by Crippen LogP contribution is -2.28. The van der Waals surface area contributed by atoms with Crippen LogP contribution in [0, 0.1) is 17.7 Å². The molecule has 0 aromatic heterocycles. The van der Waals surface area contributed by atoms with E-state index in [0.29, 0.717) is 0 Å². The number of hydrogen-bond acceptors (Lipinski definition) is 3. The van der Waals surface area contributed by atoms with Crippen LogP contribution in [0.4, 0.5) is 4.39 Å². The largest absolute Gasteiger partial charge is 0.468 e. The summed E-state index contributed by atoms with van der Waals surface area (Å²) in [6.45, 7) is 0. The molecule has 0 N–H and O–H groups in total. The molecule has 1 atom stereocenters. The first kappa shape index (κ1) is 12.7. The van der Waals surface area contributed by atoms with E-state index in [-0.39, 0.29) is 23.9 Å². The maximum atomic E-state index is 12.8. The quantitative estimate of drug-likeness (QED) is 0.594. The number of rotatable bonds is 5. The summed E-state index contributed by atoms with van der Waals surface area (Å²) in [5, 5.41) is 0. The summed E-state index contributed by atoms with van der Waals surface area (Å²) in [6, 6.07) is 5.83. The van der Waals surface area contributed by atoms with Crippen molar-refractivity contribution in [1.82, 2.24) is 0 Å². The van der Waals surface area contributed by atoms with Crippen LogP contribution < -0.4 is 0 Å². The number of Topliss-reactive ketones (excluding diaryl/α,β-unsaturated/α-hetero) is 1. The summed E-state index contributed by atoms with van der Waals surface area (Å²) in [5.74, 6) is -1.63. The molecule has 96 valence electrons. The predicted molar refractivity (Wildman–Crippen MR) is 63.3 cm³/mol. The molecule has 3 nitrogen and oxygen atoms in total. The molecule has 18 heavy (non-hydrogen) atoms. The minimum absolute atomic E-state index is 0.00884. The van der Waals surface area contributed by atoms with E-state index < -0.39 is 11.9 Å². The zero-order valence-electron chi connectivity index (χ0n) is 10.2. The molecule has 0 spiro atoms. The third-order valence-electron chi connectivity index (χ3n) is 3.16.